The van der Waals surface area contributed by atoms with Crippen LogP contribution in [-0.4, -0.2) is 15.0 Å². The van der Waals surface area contributed by atoms with Gasteiger partial charge in [-0.1, -0.05) is 194 Å². The minimum atomic E-state index is -0.530. The first kappa shape index (κ1) is 32.9. The number of hydrogen-bond acceptors (Lipinski definition) is 3. The molecule has 0 aliphatic heterocycles. The van der Waals surface area contributed by atoms with Crippen LogP contribution in [0.25, 0.3) is 78.0 Å². The highest BCUT2D eigenvalue weighted by molar-refractivity contribution is 5.99. The van der Waals surface area contributed by atoms with Gasteiger partial charge in [0.1, 0.15) is 0 Å². The first-order valence-electron chi connectivity index (χ1n) is 19.4. The Balaban J connectivity index is 1.13. The zero-order valence-corrected chi connectivity index (χ0v) is 31.0. The summed E-state index contributed by atoms with van der Waals surface area (Å²) >= 11 is 0. The van der Waals surface area contributed by atoms with E-state index in [9.17, 15) is 0 Å². The van der Waals surface area contributed by atoms with E-state index in [1.165, 1.54) is 49.7 Å². The lowest BCUT2D eigenvalue weighted by atomic mass is 9.67. The van der Waals surface area contributed by atoms with Crippen LogP contribution in [0.1, 0.15) is 22.3 Å². The Bertz CT molecular complexity index is 3080. The van der Waals surface area contributed by atoms with Gasteiger partial charge in [0.25, 0.3) is 0 Å². The van der Waals surface area contributed by atoms with Gasteiger partial charge in [0.15, 0.2) is 17.5 Å². The van der Waals surface area contributed by atoms with Gasteiger partial charge < -0.3 is 0 Å². The number of rotatable bonds is 6. The van der Waals surface area contributed by atoms with E-state index in [1.807, 2.05) is 18.2 Å². The van der Waals surface area contributed by atoms with Gasteiger partial charge in [0.2, 0.25) is 0 Å². The molecule has 0 saturated carbocycles. The highest BCUT2D eigenvalue weighted by atomic mass is 15.0. The summed E-state index contributed by atoms with van der Waals surface area (Å²) in [5.74, 6) is 1.91. The van der Waals surface area contributed by atoms with Crippen LogP contribution >= 0.6 is 0 Å². The lowest BCUT2D eigenvalue weighted by molar-refractivity contribution is 0.768. The SMILES string of the molecule is c1ccc(-c2nc(-c3ccc4c(c3)C(c3ccccc3)(c3ccccc3)c3ccccc3-4)nc(-c3cccc4ccc(-c5ccc6ccccc6c5)cc34)n2)cc1. The molecule has 1 aliphatic rings. The van der Waals surface area contributed by atoms with Crippen LogP contribution in [0.3, 0.4) is 0 Å². The molecule has 0 spiro atoms. The summed E-state index contributed by atoms with van der Waals surface area (Å²) in [7, 11) is 0. The predicted molar refractivity (Wildman–Crippen MR) is 234 cm³/mol. The minimum Gasteiger partial charge on any atom is -0.208 e. The van der Waals surface area contributed by atoms with Crippen molar-refractivity contribution in [2.24, 2.45) is 0 Å². The van der Waals surface area contributed by atoms with Crippen LogP contribution < -0.4 is 0 Å². The molecule has 1 aliphatic carbocycles. The predicted octanol–water partition coefficient (Wildman–Crippen LogP) is 13.2. The fourth-order valence-electron chi connectivity index (χ4n) is 8.94. The Morgan fingerprint density at radius 2 is 0.807 bits per heavy atom. The summed E-state index contributed by atoms with van der Waals surface area (Å²) < 4.78 is 0. The Labute approximate surface area is 331 Å². The summed E-state index contributed by atoms with van der Waals surface area (Å²) in [6, 6.07) is 75.9. The molecule has 0 fully saturated rings. The fraction of sp³-hybridized carbons (Fsp3) is 0.0185. The molecule has 0 amide bonds. The third-order valence-electron chi connectivity index (χ3n) is 11.6. The topological polar surface area (TPSA) is 38.7 Å². The van der Waals surface area contributed by atoms with Crippen LogP contribution in [0.2, 0.25) is 0 Å². The van der Waals surface area contributed by atoms with Crippen molar-refractivity contribution in [3.8, 4) is 56.4 Å². The summed E-state index contributed by atoms with van der Waals surface area (Å²) in [5.41, 5.74) is 12.0. The molecule has 57 heavy (non-hydrogen) atoms. The Hall–Kier alpha value is -7.49. The van der Waals surface area contributed by atoms with Gasteiger partial charge in [0.05, 0.1) is 5.41 Å². The van der Waals surface area contributed by atoms with Crippen LogP contribution in [0.4, 0.5) is 0 Å². The lowest BCUT2D eigenvalue weighted by Gasteiger charge is -2.34. The fourth-order valence-corrected chi connectivity index (χ4v) is 8.94. The van der Waals surface area contributed by atoms with E-state index in [-0.39, 0.29) is 0 Å². The minimum absolute atomic E-state index is 0.530. The van der Waals surface area contributed by atoms with E-state index in [0.29, 0.717) is 17.5 Å². The van der Waals surface area contributed by atoms with E-state index in [4.69, 9.17) is 15.0 Å². The van der Waals surface area contributed by atoms with Crippen LogP contribution in [0, 0.1) is 0 Å². The zero-order chi connectivity index (χ0) is 37.8. The van der Waals surface area contributed by atoms with E-state index in [1.54, 1.807) is 0 Å². The summed E-state index contributed by atoms with van der Waals surface area (Å²) in [6.45, 7) is 0. The molecule has 0 radical (unpaired) electrons. The molecule has 1 aromatic heterocycles. The molecule has 3 heteroatoms. The van der Waals surface area contributed by atoms with Crippen molar-refractivity contribution in [3.63, 3.8) is 0 Å². The molecular formula is C54H35N3. The molecule has 1 heterocycles. The molecule has 266 valence electrons. The molecule has 0 bridgehead atoms. The summed E-state index contributed by atoms with van der Waals surface area (Å²) in [5, 5.41) is 4.68. The number of benzene rings is 9. The van der Waals surface area contributed by atoms with Crippen molar-refractivity contribution in [3.05, 3.63) is 235 Å². The highest BCUT2D eigenvalue weighted by Gasteiger charge is 2.46. The van der Waals surface area contributed by atoms with Gasteiger partial charge >= 0.3 is 0 Å². The summed E-state index contributed by atoms with van der Waals surface area (Å²) in [6.07, 6.45) is 0. The zero-order valence-electron chi connectivity index (χ0n) is 31.0. The second-order valence-corrected chi connectivity index (χ2v) is 14.8. The quantitative estimate of drug-likeness (QED) is 0.171. The van der Waals surface area contributed by atoms with Gasteiger partial charge in [-0.25, -0.2) is 15.0 Å². The Kier molecular flexibility index (Phi) is 7.71. The van der Waals surface area contributed by atoms with Crippen LogP contribution in [-0.2, 0) is 5.41 Å². The molecular weight excluding hydrogens is 691 g/mol. The number of fused-ring (bicyclic) bond motifs is 5. The molecule has 0 N–H and O–H groups in total. The largest absolute Gasteiger partial charge is 0.208 e. The van der Waals surface area contributed by atoms with Crippen molar-refractivity contribution in [1.82, 2.24) is 15.0 Å². The molecule has 10 aromatic rings. The van der Waals surface area contributed by atoms with E-state index >= 15 is 0 Å². The van der Waals surface area contributed by atoms with Crippen molar-refractivity contribution in [2.45, 2.75) is 5.41 Å². The smallest absolute Gasteiger partial charge is 0.164 e. The Morgan fingerprint density at radius 3 is 1.56 bits per heavy atom. The molecule has 11 rings (SSSR count). The van der Waals surface area contributed by atoms with E-state index in [0.717, 1.165) is 33.0 Å². The first-order chi connectivity index (χ1) is 28.2. The highest BCUT2D eigenvalue weighted by Crippen LogP contribution is 2.56. The average molecular weight is 726 g/mol. The average Bonchev–Trinajstić information content (AvgIpc) is 3.59. The normalized spacial score (nSPS) is 12.7. The molecule has 3 nitrogen and oxygen atoms in total. The molecule has 0 saturated heterocycles. The standard InChI is InChI=1S/C54H35N3/c1-4-16-38(17-5-1)51-55-52(57-53(56-51)47-25-14-19-37-28-30-41(34-48(37)47)40-29-27-36-15-10-11-18-39(36)33-40)42-31-32-46-45-24-12-13-26-49(45)54(50(46)35-42,43-20-6-2-7-21-43)44-22-8-3-9-23-44/h1-35H. The third-order valence-corrected chi connectivity index (χ3v) is 11.6. The number of aromatic nitrogens is 3. The van der Waals surface area contributed by atoms with E-state index < -0.39 is 5.41 Å². The second kappa shape index (κ2) is 13.4. The first-order valence-corrected chi connectivity index (χ1v) is 19.4. The van der Waals surface area contributed by atoms with Crippen molar-refractivity contribution in [1.29, 1.82) is 0 Å². The molecule has 9 aromatic carbocycles. The lowest BCUT2D eigenvalue weighted by Crippen LogP contribution is -2.28. The van der Waals surface area contributed by atoms with Gasteiger partial charge in [-0.3, -0.25) is 0 Å². The maximum absolute atomic E-state index is 5.34. The monoisotopic (exact) mass is 725 g/mol. The number of nitrogens with zero attached hydrogens (tertiary/aromatic N) is 3. The van der Waals surface area contributed by atoms with E-state index in [2.05, 4.69) is 194 Å². The molecule has 0 unspecified atom stereocenters. The van der Waals surface area contributed by atoms with Gasteiger partial charge in [-0.05, 0) is 84.3 Å². The number of hydrogen-bond donors (Lipinski definition) is 0. The van der Waals surface area contributed by atoms with Crippen LogP contribution in [0.5, 0.6) is 0 Å². The van der Waals surface area contributed by atoms with Crippen LogP contribution in [0.15, 0.2) is 212 Å². The van der Waals surface area contributed by atoms with Gasteiger partial charge in [0, 0.05) is 16.7 Å². The summed E-state index contributed by atoms with van der Waals surface area (Å²) in [4.78, 5) is 15.8. The second-order valence-electron chi connectivity index (χ2n) is 14.8. The van der Waals surface area contributed by atoms with Crippen molar-refractivity contribution in [2.75, 3.05) is 0 Å². The Morgan fingerprint density at radius 1 is 0.281 bits per heavy atom. The van der Waals surface area contributed by atoms with Gasteiger partial charge in [-0.2, -0.15) is 0 Å². The third kappa shape index (κ3) is 5.39. The molecule has 0 atom stereocenters. The maximum Gasteiger partial charge on any atom is 0.164 e. The van der Waals surface area contributed by atoms with Gasteiger partial charge in [-0.15, -0.1) is 0 Å². The van der Waals surface area contributed by atoms with Crippen molar-refractivity contribution < 1.29 is 0 Å². The van der Waals surface area contributed by atoms with Crippen molar-refractivity contribution >= 4 is 21.5 Å². The maximum atomic E-state index is 5.34.